The Kier molecular flexibility index (Phi) is 12.6. The number of carbonyl (C=O) groups excluding carboxylic acids is 6. The maximum absolute atomic E-state index is 13.6. The minimum absolute atomic E-state index is 0.0394. The molecule has 8 rings (SSSR count). The second-order valence-electron chi connectivity index (χ2n) is 21.4. The van der Waals surface area contributed by atoms with Crippen molar-refractivity contribution in [1.29, 1.82) is 0 Å². The number of carbonyl (C=O) groups is 6. The van der Waals surface area contributed by atoms with Gasteiger partial charge in [-0.25, -0.2) is 19.2 Å². The summed E-state index contributed by atoms with van der Waals surface area (Å²) >= 11 is 0. The Labute approximate surface area is 354 Å². The molecule has 0 spiro atoms. The first-order valence-electron chi connectivity index (χ1n) is 21.9. The van der Waals surface area contributed by atoms with Gasteiger partial charge in [-0.15, -0.1) is 0 Å². The summed E-state index contributed by atoms with van der Waals surface area (Å²) in [6, 6.07) is 0. The van der Waals surface area contributed by atoms with Crippen molar-refractivity contribution in [3.8, 4) is 0 Å². The fourth-order valence-corrected chi connectivity index (χ4v) is 14.4. The molecule has 0 aromatic carbocycles. The lowest BCUT2D eigenvalue weighted by atomic mass is 9.39. The van der Waals surface area contributed by atoms with Crippen molar-refractivity contribution >= 4 is 36.1 Å². The average Bonchev–Trinajstić information content (AvgIpc) is 3.08. The van der Waals surface area contributed by atoms with Crippen LogP contribution in [0.15, 0.2) is 24.3 Å². The minimum Gasteiger partial charge on any atom is -0.462 e. The van der Waals surface area contributed by atoms with E-state index in [1.807, 2.05) is 0 Å². The molecule has 60 heavy (non-hydrogen) atoms. The molecule has 0 heterocycles. The molecule has 8 aliphatic rings. The van der Waals surface area contributed by atoms with Gasteiger partial charge >= 0.3 is 36.1 Å². The van der Waals surface area contributed by atoms with Gasteiger partial charge < -0.3 is 39.1 Å². The van der Waals surface area contributed by atoms with Crippen molar-refractivity contribution in [3.63, 3.8) is 0 Å². The highest BCUT2D eigenvalue weighted by Gasteiger charge is 2.71. The number of hydrogen-bond acceptors (Lipinski definition) is 12. The molecule has 2 N–H and O–H groups in total. The van der Waals surface area contributed by atoms with Crippen LogP contribution < -0.4 is 10.6 Å². The highest BCUT2D eigenvalue weighted by molar-refractivity contribution is 5.87. The monoisotopic (exact) mass is 840 g/mol. The van der Waals surface area contributed by atoms with E-state index in [4.69, 9.17) is 28.4 Å². The molecule has 8 saturated carbocycles. The predicted molar refractivity (Wildman–Crippen MR) is 219 cm³/mol. The van der Waals surface area contributed by atoms with Crippen LogP contribution in [-0.2, 0) is 47.6 Å². The molecule has 0 radical (unpaired) electrons. The number of rotatable bonds is 19. The largest absolute Gasteiger partial charge is 0.462 e. The van der Waals surface area contributed by atoms with E-state index in [1.54, 1.807) is 13.8 Å². The van der Waals surface area contributed by atoms with Gasteiger partial charge in [0.15, 0.2) is 0 Å². The second-order valence-corrected chi connectivity index (χ2v) is 21.4. The predicted octanol–water partition coefficient (Wildman–Crippen LogP) is 7.56. The third kappa shape index (κ3) is 9.99. The molecule has 4 unspecified atom stereocenters. The first-order valence-corrected chi connectivity index (χ1v) is 21.9. The molecule has 4 atom stereocenters. The Morgan fingerprint density at radius 2 is 0.767 bits per heavy atom. The van der Waals surface area contributed by atoms with E-state index in [0.29, 0.717) is 77.3 Å². The molecule has 0 aromatic rings. The van der Waals surface area contributed by atoms with E-state index in [-0.39, 0.29) is 71.2 Å². The molecule has 0 aromatic heterocycles. The van der Waals surface area contributed by atoms with Gasteiger partial charge in [-0.05, 0) is 113 Å². The van der Waals surface area contributed by atoms with Crippen LogP contribution in [0.4, 0.5) is 9.59 Å². The summed E-state index contributed by atoms with van der Waals surface area (Å²) in [4.78, 5) is 77.1. The minimum atomic E-state index is -0.760. The third-order valence-electron chi connectivity index (χ3n) is 14.0. The number of hydrogen-bond donors (Lipinski definition) is 2. The van der Waals surface area contributed by atoms with Crippen molar-refractivity contribution in [2.45, 2.75) is 155 Å². The quantitative estimate of drug-likeness (QED) is 0.0565. The fraction of sp³-hybridized carbons (Fsp3) is 0.783. The summed E-state index contributed by atoms with van der Waals surface area (Å²) in [5, 5.41) is 5.86. The Balaban J connectivity index is 0.901. The Bertz CT molecular complexity index is 1610. The highest BCUT2D eigenvalue weighted by atomic mass is 16.6. The maximum Gasteiger partial charge on any atom is 0.407 e. The molecule has 0 aliphatic heterocycles. The van der Waals surface area contributed by atoms with Gasteiger partial charge in [0.2, 0.25) is 0 Å². The van der Waals surface area contributed by atoms with Crippen LogP contribution in [0.25, 0.3) is 0 Å². The molecule has 14 heteroatoms. The van der Waals surface area contributed by atoms with Crippen molar-refractivity contribution in [3.05, 3.63) is 24.3 Å². The summed E-state index contributed by atoms with van der Waals surface area (Å²) in [6.45, 7) is 19.7. The Morgan fingerprint density at radius 1 is 0.450 bits per heavy atom. The van der Waals surface area contributed by atoms with Crippen LogP contribution in [0, 0.1) is 32.5 Å². The molecule has 334 valence electrons. The van der Waals surface area contributed by atoms with Gasteiger partial charge in [-0.3, -0.25) is 9.59 Å². The molecular formula is C46H68N2O12. The number of ether oxygens (including phenoxy) is 6. The van der Waals surface area contributed by atoms with Crippen LogP contribution >= 0.6 is 0 Å². The molecule has 8 fully saturated rings. The van der Waals surface area contributed by atoms with Gasteiger partial charge in [-0.1, -0.05) is 53.7 Å². The van der Waals surface area contributed by atoms with Gasteiger partial charge in [0.25, 0.3) is 0 Å². The van der Waals surface area contributed by atoms with E-state index >= 15 is 0 Å². The van der Waals surface area contributed by atoms with E-state index in [9.17, 15) is 28.8 Å². The van der Waals surface area contributed by atoms with Crippen LogP contribution in [0.5, 0.6) is 0 Å². The van der Waals surface area contributed by atoms with Crippen LogP contribution in [0.3, 0.4) is 0 Å². The van der Waals surface area contributed by atoms with Crippen LogP contribution in [0.1, 0.15) is 144 Å². The number of amides is 2. The smallest absolute Gasteiger partial charge is 0.407 e. The van der Waals surface area contributed by atoms with Crippen LogP contribution in [-0.4, -0.2) is 86.8 Å². The van der Waals surface area contributed by atoms with Crippen molar-refractivity contribution in [2.24, 2.45) is 32.5 Å². The lowest BCUT2D eigenvalue weighted by Gasteiger charge is -2.67. The molecule has 2 amide bonds. The van der Waals surface area contributed by atoms with Gasteiger partial charge in [-0.2, -0.15) is 0 Å². The topological polar surface area (TPSA) is 182 Å². The molecule has 8 bridgehead atoms. The Morgan fingerprint density at radius 3 is 1.08 bits per heavy atom. The van der Waals surface area contributed by atoms with Gasteiger partial charge in [0, 0.05) is 37.1 Å². The van der Waals surface area contributed by atoms with E-state index in [0.717, 1.165) is 38.5 Å². The third-order valence-corrected chi connectivity index (χ3v) is 14.0. The summed E-state index contributed by atoms with van der Waals surface area (Å²) in [7, 11) is 0. The average molecular weight is 841 g/mol. The van der Waals surface area contributed by atoms with E-state index < -0.39 is 46.2 Å². The van der Waals surface area contributed by atoms with Crippen molar-refractivity contribution < 1.29 is 57.2 Å². The summed E-state index contributed by atoms with van der Waals surface area (Å²) < 4.78 is 34.0. The number of esters is 4. The zero-order valence-corrected chi connectivity index (χ0v) is 36.9. The summed E-state index contributed by atoms with van der Waals surface area (Å²) in [5.74, 6) is -1.68. The lowest BCUT2D eigenvalue weighted by molar-refractivity contribution is -0.233. The molecular weight excluding hydrogens is 773 g/mol. The molecule has 14 nitrogen and oxygen atoms in total. The SMILES string of the molecule is C=C(C)C(=O)OCCOC(=O)C12CC3(C)CC(C)(CC(OC(=O)NCCCCCCNC(=O)OC45CC6(C)CC(C)(C4)CC(C(=O)OCCOC(=O)C(=C)C)(C6)C5)(C3)C1)C2. The lowest BCUT2D eigenvalue weighted by Crippen LogP contribution is -2.66. The number of alkyl carbamates (subject to hydrolysis) is 2. The normalized spacial score (nSPS) is 36.4. The summed E-state index contributed by atoms with van der Waals surface area (Å²) in [6.07, 6.45) is 10.5. The second kappa shape index (κ2) is 16.6. The standard InChI is InChI=1S/C46H68N2O12/c1-31(2)33(49)55-15-17-57-35(51)43-21-39(5)19-40(6,22-43)26-45(25-39,29-43)59-37(53)47-13-11-9-10-12-14-48-38(54)60-46-27-41(7)20-42(8,28-46)24-44(23-41,30-46)36(52)58-18-16-56-34(50)32(3)4/h1,3,9-30H2,2,4-8H3,(H,47,53)(H,48,54). The number of unbranched alkanes of at least 4 members (excludes halogenated alkanes) is 3. The molecule has 8 aliphatic carbocycles. The Hall–Kier alpha value is -4.10. The fourth-order valence-electron chi connectivity index (χ4n) is 14.4. The number of nitrogens with one attached hydrogen (secondary N) is 2. The first kappa shape index (κ1) is 45.4. The highest BCUT2D eigenvalue weighted by Crippen LogP contribution is 2.73. The van der Waals surface area contributed by atoms with Gasteiger partial charge in [0.05, 0.1) is 10.8 Å². The first-order chi connectivity index (χ1) is 28.0. The maximum atomic E-state index is 13.6. The van der Waals surface area contributed by atoms with E-state index in [1.165, 1.54) is 0 Å². The van der Waals surface area contributed by atoms with Crippen LogP contribution in [0.2, 0.25) is 0 Å². The van der Waals surface area contributed by atoms with E-state index in [2.05, 4.69) is 51.5 Å². The zero-order valence-electron chi connectivity index (χ0n) is 36.9. The molecule has 0 saturated heterocycles. The van der Waals surface area contributed by atoms with Crippen molar-refractivity contribution in [2.75, 3.05) is 39.5 Å². The van der Waals surface area contributed by atoms with Crippen molar-refractivity contribution in [1.82, 2.24) is 10.6 Å². The summed E-state index contributed by atoms with van der Waals surface area (Å²) in [5.41, 5.74) is -3.13. The zero-order chi connectivity index (χ0) is 43.8. The van der Waals surface area contributed by atoms with Gasteiger partial charge in [0.1, 0.15) is 37.6 Å².